The topological polar surface area (TPSA) is 49.3 Å². The van der Waals surface area contributed by atoms with Crippen LogP contribution in [0.25, 0.3) is 0 Å². The molecule has 0 unspecified atom stereocenters. The Morgan fingerprint density at radius 3 is 2.93 bits per heavy atom. The number of carboxylic acids is 1. The van der Waals surface area contributed by atoms with Crippen LogP contribution in [0.3, 0.4) is 0 Å². The van der Waals surface area contributed by atoms with Gasteiger partial charge in [-0.25, -0.2) is 4.39 Å². The molecule has 0 aromatic heterocycles. The second-order valence-electron chi connectivity index (χ2n) is 3.76. The van der Waals surface area contributed by atoms with Crippen LogP contribution in [0.4, 0.5) is 4.39 Å². The number of hydrogen-bond donors (Lipinski definition) is 2. The van der Waals surface area contributed by atoms with E-state index in [1.807, 2.05) is 0 Å². The van der Waals surface area contributed by atoms with E-state index in [1.165, 1.54) is 12.1 Å². The van der Waals surface area contributed by atoms with Crippen LogP contribution in [0, 0.1) is 11.7 Å². The molecule has 1 aliphatic rings. The molecule has 0 radical (unpaired) electrons. The summed E-state index contributed by atoms with van der Waals surface area (Å²) in [4.78, 5) is 10.9. The van der Waals surface area contributed by atoms with Crippen molar-refractivity contribution < 1.29 is 14.3 Å². The van der Waals surface area contributed by atoms with Crippen LogP contribution < -0.4 is 5.32 Å². The van der Waals surface area contributed by atoms with Crippen LogP contribution in [-0.4, -0.2) is 24.2 Å². The van der Waals surface area contributed by atoms with Gasteiger partial charge in [-0.2, -0.15) is 0 Å². The number of rotatable bonds is 2. The number of carbonyl (C=O) groups is 1. The molecule has 0 saturated carbocycles. The molecule has 1 fully saturated rings. The zero-order valence-corrected chi connectivity index (χ0v) is 8.11. The van der Waals surface area contributed by atoms with E-state index in [0.717, 1.165) is 5.56 Å². The summed E-state index contributed by atoms with van der Waals surface area (Å²) in [6, 6.07) is 6.16. The van der Waals surface area contributed by atoms with Gasteiger partial charge < -0.3 is 10.4 Å². The largest absolute Gasteiger partial charge is 0.481 e. The average Bonchev–Trinajstić information content (AvgIpc) is 2.65. The van der Waals surface area contributed by atoms with E-state index < -0.39 is 11.9 Å². The van der Waals surface area contributed by atoms with E-state index in [9.17, 15) is 9.18 Å². The number of halogens is 1. The summed E-state index contributed by atoms with van der Waals surface area (Å²) in [6.07, 6.45) is 0. The number of nitrogens with one attached hydrogen (secondary N) is 1. The Labute approximate surface area is 86.9 Å². The highest BCUT2D eigenvalue weighted by molar-refractivity contribution is 5.72. The van der Waals surface area contributed by atoms with Gasteiger partial charge in [-0.15, -0.1) is 0 Å². The lowest BCUT2D eigenvalue weighted by molar-refractivity contribution is -0.141. The summed E-state index contributed by atoms with van der Waals surface area (Å²) in [5, 5.41) is 12.0. The van der Waals surface area contributed by atoms with E-state index >= 15 is 0 Å². The summed E-state index contributed by atoms with van der Waals surface area (Å²) in [5.74, 6) is -1.72. The molecule has 4 heteroatoms. The summed E-state index contributed by atoms with van der Waals surface area (Å²) in [6.45, 7) is 1.05. The SMILES string of the molecule is O=C(O)[C@@H]1CNC[C@@H]1c1cccc(F)c1. The molecule has 0 spiro atoms. The monoisotopic (exact) mass is 209 g/mol. The van der Waals surface area contributed by atoms with Crippen molar-refractivity contribution in [3.8, 4) is 0 Å². The highest BCUT2D eigenvalue weighted by atomic mass is 19.1. The molecule has 1 saturated heterocycles. The molecule has 1 aromatic rings. The van der Waals surface area contributed by atoms with Gasteiger partial charge in [0.2, 0.25) is 0 Å². The standard InChI is InChI=1S/C11H12FNO2/c12-8-3-1-2-7(4-8)9-5-13-6-10(9)11(14)15/h1-4,9-10,13H,5-6H2,(H,14,15)/t9-,10-/m1/s1. The van der Waals surface area contributed by atoms with E-state index in [-0.39, 0.29) is 11.7 Å². The predicted octanol–water partition coefficient (Wildman–Crippen LogP) is 1.21. The normalized spacial score (nSPS) is 25.4. The highest BCUT2D eigenvalue weighted by Gasteiger charge is 2.33. The van der Waals surface area contributed by atoms with Gasteiger partial charge in [0.25, 0.3) is 0 Å². The zero-order chi connectivity index (χ0) is 10.8. The lowest BCUT2D eigenvalue weighted by Crippen LogP contribution is -2.21. The first-order chi connectivity index (χ1) is 7.18. The average molecular weight is 209 g/mol. The minimum Gasteiger partial charge on any atom is -0.481 e. The van der Waals surface area contributed by atoms with Crippen molar-refractivity contribution >= 4 is 5.97 Å². The van der Waals surface area contributed by atoms with Crippen molar-refractivity contribution in [3.63, 3.8) is 0 Å². The fourth-order valence-electron chi connectivity index (χ4n) is 2.03. The van der Waals surface area contributed by atoms with Gasteiger partial charge in [0, 0.05) is 19.0 Å². The lowest BCUT2D eigenvalue weighted by atomic mass is 9.89. The molecule has 0 amide bonds. The molecule has 1 aromatic carbocycles. The third kappa shape index (κ3) is 1.99. The maximum atomic E-state index is 13.0. The summed E-state index contributed by atoms with van der Waals surface area (Å²) < 4.78 is 13.0. The minimum atomic E-state index is -0.825. The van der Waals surface area contributed by atoms with Gasteiger partial charge in [-0.3, -0.25) is 4.79 Å². The van der Waals surface area contributed by atoms with E-state index in [1.54, 1.807) is 12.1 Å². The highest BCUT2D eigenvalue weighted by Crippen LogP contribution is 2.28. The van der Waals surface area contributed by atoms with Crippen molar-refractivity contribution in [1.29, 1.82) is 0 Å². The predicted molar refractivity (Wildman–Crippen MR) is 53.1 cm³/mol. The van der Waals surface area contributed by atoms with Gasteiger partial charge in [0.05, 0.1) is 5.92 Å². The molecule has 2 rings (SSSR count). The Hall–Kier alpha value is -1.42. The molecule has 80 valence electrons. The molecule has 15 heavy (non-hydrogen) atoms. The summed E-state index contributed by atoms with van der Waals surface area (Å²) >= 11 is 0. The third-order valence-electron chi connectivity index (χ3n) is 2.81. The van der Waals surface area contributed by atoms with Crippen LogP contribution in [0.1, 0.15) is 11.5 Å². The first kappa shape index (κ1) is 10.1. The van der Waals surface area contributed by atoms with E-state index in [2.05, 4.69) is 5.32 Å². The zero-order valence-electron chi connectivity index (χ0n) is 8.11. The van der Waals surface area contributed by atoms with Crippen LogP contribution >= 0.6 is 0 Å². The third-order valence-corrected chi connectivity index (χ3v) is 2.81. The molecule has 0 bridgehead atoms. The van der Waals surface area contributed by atoms with Gasteiger partial charge in [-0.05, 0) is 17.7 Å². The van der Waals surface area contributed by atoms with Crippen LogP contribution in [0.2, 0.25) is 0 Å². The van der Waals surface area contributed by atoms with Crippen LogP contribution in [-0.2, 0) is 4.79 Å². The molecule has 1 aliphatic heterocycles. The molecular weight excluding hydrogens is 197 g/mol. The Morgan fingerprint density at radius 1 is 1.47 bits per heavy atom. The Bertz CT molecular complexity index is 381. The second kappa shape index (κ2) is 3.98. The fraction of sp³-hybridized carbons (Fsp3) is 0.364. The van der Waals surface area contributed by atoms with Gasteiger partial charge in [-0.1, -0.05) is 12.1 Å². The van der Waals surface area contributed by atoms with E-state index in [0.29, 0.717) is 13.1 Å². The minimum absolute atomic E-state index is 0.127. The lowest BCUT2D eigenvalue weighted by Gasteiger charge is -2.14. The van der Waals surface area contributed by atoms with Gasteiger partial charge in [0.1, 0.15) is 5.82 Å². The molecule has 2 N–H and O–H groups in total. The quantitative estimate of drug-likeness (QED) is 0.769. The van der Waals surface area contributed by atoms with Crippen LogP contribution in [0.5, 0.6) is 0 Å². The van der Waals surface area contributed by atoms with Gasteiger partial charge >= 0.3 is 5.97 Å². The summed E-state index contributed by atoms with van der Waals surface area (Å²) in [7, 11) is 0. The number of hydrogen-bond acceptors (Lipinski definition) is 2. The van der Waals surface area contributed by atoms with Crippen molar-refractivity contribution in [2.45, 2.75) is 5.92 Å². The Morgan fingerprint density at radius 2 is 2.27 bits per heavy atom. The second-order valence-corrected chi connectivity index (χ2v) is 3.76. The van der Waals surface area contributed by atoms with Crippen molar-refractivity contribution in [3.05, 3.63) is 35.6 Å². The van der Waals surface area contributed by atoms with Crippen molar-refractivity contribution in [1.82, 2.24) is 5.32 Å². The Kier molecular flexibility index (Phi) is 2.68. The van der Waals surface area contributed by atoms with E-state index in [4.69, 9.17) is 5.11 Å². The smallest absolute Gasteiger partial charge is 0.308 e. The maximum absolute atomic E-state index is 13.0. The van der Waals surface area contributed by atoms with Crippen LogP contribution in [0.15, 0.2) is 24.3 Å². The number of benzene rings is 1. The molecular formula is C11H12FNO2. The molecule has 0 aliphatic carbocycles. The molecule has 3 nitrogen and oxygen atoms in total. The maximum Gasteiger partial charge on any atom is 0.308 e. The first-order valence-electron chi connectivity index (χ1n) is 4.87. The molecule has 2 atom stereocenters. The molecule has 1 heterocycles. The fourth-order valence-corrected chi connectivity index (χ4v) is 2.03. The van der Waals surface area contributed by atoms with Crippen molar-refractivity contribution in [2.75, 3.05) is 13.1 Å². The number of carboxylic acid groups (broad SMARTS) is 1. The number of aliphatic carboxylic acids is 1. The van der Waals surface area contributed by atoms with Crippen molar-refractivity contribution in [2.24, 2.45) is 5.92 Å². The summed E-state index contributed by atoms with van der Waals surface area (Å²) in [5.41, 5.74) is 0.757. The van der Waals surface area contributed by atoms with Gasteiger partial charge in [0.15, 0.2) is 0 Å². The first-order valence-corrected chi connectivity index (χ1v) is 4.87. The Balaban J connectivity index is 2.26.